The summed E-state index contributed by atoms with van der Waals surface area (Å²) in [4.78, 5) is 0. The molecule has 4 rings (SSSR count). The van der Waals surface area contributed by atoms with E-state index >= 15 is 0 Å². The molecule has 1 aromatic heterocycles. The molecule has 2 saturated heterocycles. The molecule has 3 aliphatic rings. The molecule has 1 aliphatic carbocycles. The van der Waals surface area contributed by atoms with Gasteiger partial charge >= 0.3 is 0 Å². The summed E-state index contributed by atoms with van der Waals surface area (Å²) in [5.41, 5.74) is 0.603. The summed E-state index contributed by atoms with van der Waals surface area (Å²) < 4.78 is 23.1. The van der Waals surface area contributed by atoms with Gasteiger partial charge < -0.3 is 24.1 Å². The maximum atomic E-state index is 6.25. The van der Waals surface area contributed by atoms with E-state index in [1.807, 2.05) is 17.8 Å². The van der Waals surface area contributed by atoms with Crippen LogP contribution in [0.1, 0.15) is 64.5 Å². The van der Waals surface area contributed by atoms with E-state index in [1.165, 1.54) is 6.42 Å². The fourth-order valence-corrected chi connectivity index (χ4v) is 5.25. The van der Waals surface area contributed by atoms with Crippen molar-refractivity contribution >= 4 is 17.6 Å². The number of hydrogen-bond donors (Lipinski definition) is 1. The molecule has 1 unspecified atom stereocenters. The highest BCUT2D eigenvalue weighted by molar-refractivity contribution is 8.01. The first-order valence-corrected chi connectivity index (χ1v) is 11.2. The van der Waals surface area contributed by atoms with Gasteiger partial charge in [-0.05, 0) is 58.8 Å². The van der Waals surface area contributed by atoms with Crippen LogP contribution in [0.2, 0.25) is 0 Å². The van der Waals surface area contributed by atoms with Gasteiger partial charge in [-0.3, -0.25) is 0 Å². The average Bonchev–Trinajstić information content (AvgIpc) is 3.28. The number of aromatic nitrogens is 1. The lowest BCUT2D eigenvalue weighted by Crippen LogP contribution is -2.31. The molecule has 0 aromatic carbocycles. The second kappa shape index (κ2) is 8.31. The van der Waals surface area contributed by atoms with Gasteiger partial charge in [-0.25, -0.2) is 0 Å². The van der Waals surface area contributed by atoms with Crippen molar-refractivity contribution in [2.75, 3.05) is 31.7 Å². The zero-order valence-electron chi connectivity index (χ0n) is 16.5. The summed E-state index contributed by atoms with van der Waals surface area (Å²) in [5, 5.41) is 8.40. The lowest BCUT2D eigenvalue weighted by Gasteiger charge is -2.31. The summed E-state index contributed by atoms with van der Waals surface area (Å²) in [6.07, 6.45) is 7.45. The number of hydrogen-bond acceptors (Lipinski definition) is 7. The Labute approximate surface area is 166 Å². The predicted octanol–water partition coefficient (Wildman–Crippen LogP) is 4.31. The number of rotatable bonds is 8. The largest absolute Gasteiger partial charge is 0.381 e. The van der Waals surface area contributed by atoms with Crippen molar-refractivity contribution in [3.63, 3.8) is 0 Å². The molecule has 1 atom stereocenters. The van der Waals surface area contributed by atoms with E-state index in [9.17, 15) is 0 Å². The van der Waals surface area contributed by atoms with Gasteiger partial charge in [0.25, 0.3) is 0 Å². The van der Waals surface area contributed by atoms with Gasteiger partial charge in [0, 0.05) is 42.4 Å². The Bertz CT molecular complexity index is 605. The molecular weight excluding hydrogens is 364 g/mol. The molecule has 0 amide bonds. The third-order valence-electron chi connectivity index (χ3n) is 5.52. The Morgan fingerprint density at radius 3 is 2.74 bits per heavy atom. The standard InChI is InChI=1S/C20H32N2O4S/c1-19(2,27-15-6-11-23-12-7-15)14-21-17-13-16(22-26-17)20(8-9-20)25-18-5-3-4-10-24-18/h13,15,18,21H,3-12,14H2,1-2H3. The quantitative estimate of drug-likeness (QED) is 0.702. The van der Waals surface area contributed by atoms with Gasteiger partial charge in [0.05, 0.1) is 0 Å². The van der Waals surface area contributed by atoms with Crippen LogP contribution in [-0.2, 0) is 19.8 Å². The van der Waals surface area contributed by atoms with Crippen LogP contribution < -0.4 is 5.32 Å². The highest BCUT2D eigenvalue weighted by atomic mass is 32.2. The minimum absolute atomic E-state index is 0.0934. The fourth-order valence-electron chi connectivity index (χ4n) is 3.76. The molecule has 152 valence electrons. The molecule has 6 nitrogen and oxygen atoms in total. The van der Waals surface area contributed by atoms with E-state index in [1.54, 1.807) is 0 Å². The van der Waals surface area contributed by atoms with Crippen LogP contribution in [0.3, 0.4) is 0 Å². The maximum Gasteiger partial charge on any atom is 0.225 e. The molecule has 0 radical (unpaired) electrons. The van der Waals surface area contributed by atoms with Gasteiger partial charge in [0.1, 0.15) is 11.3 Å². The molecule has 7 heteroatoms. The fraction of sp³-hybridized carbons (Fsp3) is 0.850. The second-order valence-electron chi connectivity index (χ2n) is 8.53. The van der Waals surface area contributed by atoms with E-state index in [-0.39, 0.29) is 16.6 Å². The minimum atomic E-state index is -0.294. The van der Waals surface area contributed by atoms with Crippen molar-refractivity contribution in [1.29, 1.82) is 0 Å². The van der Waals surface area contributed by atoms with E-state index in [4.69, 9.17) is 18.7 Å². The van der Waals surface area contributed by atoms with Crippen molar-refractivity contribution in [2.24, 2.45) is 0 Å². The Hall–Kier alpha value is -0.760. The minimum Gasteiger partial charge on any atom is -0.381 e. The predicted molar refractivity (Wildman–Crippen MR) is 106 cm³/mol. The maximum absolute atomic E-state index is 6.25. The van der Waals surface area contributed by atoms with Gasteiger partial charge in [-0.1, -0.05) is 5.16 Å². The van der Waals surface area contributed by atoms with E-state index in [0.29, 0.717) is 5.25 Å². The Balaban J connectivity index is 1.28. The van der Waals surface area contributed by atoms with Crippen LogP contribution in [0.5, 0.6) is 0 Å². The molecule has 2 aliphatic heterocycles. The zero-order chi connectivity index (χ0) is 18.7. The van der Waals surface area contributed by atoms with Gasteiger partial charge in [0.2, 0.25) is 5.88 Å². The van der Waals surface area contributed by atoms with E-state index < -0.39 is 0 Å². The lowest BCUT2D eigenvalue weighted by molar-refractivity contribution is -0.201. The molecule has 27 heavy (non-hydrogen) atoms. The first-order valence-electron chi connectivity index (χ1n) is 10.3. The van der Waals surface area contributed by atoms with Crippen molar-refractivity contribution in [3.8, 4) is 0 Å². The molecule has 1 saturated carbocycles. The van der Waals surface area contributed by atoms with Crippen molar-refractivity contribution in [3.05, 3.63) is 11.8 Å². The Morgan fingerprint density at radius 1 is 1.22 bits per heavy atom. The van der Waals surface area contributed by atoms with Gasteiger partial charge in [-0.15, -0.1) is 0 Å². The third kappa shape index (κ3) is 5.19. The molecule has 1 N–H and O–H groups in total. The highest BCUT2D eigenvalue weighted by Gasteiger charge is 2.50. The summed E-state index contributed by atoms with van der Waals surface area (Å²) in [6, 6.07) is 2.00. The molecule has 1 aromatic rings. The summed E-state index contributed by atoms with van der Waals surface area (Å²) in [7, 11) is 0. The second-order valence-corrected chi connectivity index (χ2v) is 10.5. The molecule has 3 heterocycles. The van der Waals surface area contributed by atoms with Crippen LogP contribution in [0.25, 0.3) is 0 Å². The summed E-state index contributed by atoms with van der Waals surface area (Å²) in [6.45, 7) is 7.97. The van der Waals surface area contributed by atoms with Crippen LogP contribution in [-0.4, -0.2) is 47.8 Å². The summed E-state index contributed by atoms with van der Waals surface area (Å²) >= 11 is 2.04. The Kier molecular flexibility index (Phi) is 6.02. The number of ether oxygens (including phenoxy) is 3. The van der Waals surface area contributed by atoms with Crippen molar-refractivity contribution in [1.82, 2.24) is 5.16 Å². The Morgan fingerprint density at radius 2 is 2.04 bits per heavy atom. The van der Waals surface area contributed by atoms with Gasteiger partial charge in [-0.2, -0.15) is 11.8 Å². The normalized spacial score (nSPS) is 26.1. The summed E-state index contributed by atoms with van der Waals surface area (Å²) in [5.74, 6) is 0.727. The number of nitrogens with one attached hydrogen (secondary N) is 1. The number of anilines is 1. The van der Waals surface area contributed by atoms with Crippen molar-refractivity contribution in [2.45, 2.75) is 80.7 Å². The first kappa shape index (κ1) is 19.6. The van der Waals surface area contributed by atoms with Crippen molar-refractivity contribution < 1.29 is 18.7 Å². The number of thioether (sulfide) groups is 1. The SMILES string of the molecule is CC(C)(CNc1cc(C2(OC3CCCCO3)CC2)no1)SC1CCOCC1. The highest BCUT2D eigenvalue weighted by Crippen LogP contribution is 2.50. The van der Waals surface area contributed by atoms with Crippen LogP contribution in [0.4, 0.5) is 5.88 Å². The van der Waals surface area contributed by atoms with Crippen LogP contribution in [0, 0.1) is 0 Å². The van der Waals surface area contributed by atoms with Crippen LogP contribution in [0.15, 0.2) is 10.6 Å². The molecular formula is C20H32N2O4S. The average molecular weight is 397 g/mol. The first-order chi connectivity index (χ1) is 13.0. The topological polar surface area (TPSA) is 65.8 Å². The third-order valence-corrected chi connectivity index (χ3v) is 7.11. The van der Waals surface area contributed by atoms with Crippen LogP contribution >= 0.6 is 11.8 Å². The monoisotopic (exact) mass is 396 g/mol. The smallest absolute Gasteiger partial charge is 0.225 e. The van der Waals surface area contributed by atoms with Gasteiger partial charge in [0.15, 0.2) is 6.29 Å². The van der Waals surface area contributed by atoms with E-state index in [2.05, 4.69) is 24.3 Å². The molecule has 0 bridgehead atoms. The number of nitrogens with zero attached hydrogens (tertiary/aromatic N) is 1. The molecule has 0 spiro atoms. The molecule has 3 fully saturated rings. The lowest BCUT2D eigenvalue weighted by atomic mass is 10.2. The zero-order valence-corrected chi connectivity index (χ0v) is 17.3. The van der Waals surface area contributed by atoms with E-state index in [0.717, 1.165) is 76.5 Å².